The van der Waals surface area contributed by atoms with Gasteiger partial charge in [-0.05, 0) is 11.4 Å². The summed E-state index contributed by atoms with van der Waals surface area (Å²) in [4.78, 5) is 19.1. The van der Waals surface area contributed by atoms with Gasteiger partial charge in [-0.2, -0.15) is 0 Å². The van der Waals surface area contributed by atoms with Crippen LogP contribution >= 0.6 is 34.4 Å². The number of rotatable bonds is 6. The SMILES string of the molecule is CN(C)S(=O)(=O)CCSc1nc2scc(-c3cccs3)c2c(=O)n1C. The number of thioether (sulfide) groups is 1. The summed E-state index contributed by atoms with van der Waals surface area (Å²) in [5, 5.41) is 5.09. The van der Waals surface area contributed by atoms with Crippen molar-refractivity contribution in [2.24, 2.45) is 7.05 Å². The second kappa shape index (κ2) is 7.20. The zero-order valence-corrected chi connectivity index (χ0v) is 17.2. The average Bonchev–Trinajstić information content (AvgIpc) is 3.20. The fourth-order valence-electron chi connectivity index (χ4n) is 2.22. The van der Waals surface area contributed by atoms with Gasteiger partial charge in [-0.3, -0.25) is 9.36 Å². The molecule has 0 aliphatic rings. The van der Waals surface area contributed by atoms with E-state index in [4.69, 9.17) is 0 Å². The number of hydrogen-bond donors (Lipinski definition) is 0. The lowest BCUT2D eigenvalue weighted by Gasteiger charge is -2.11. The molecule has 134 valence electrons. The Morgan fingerprint density at radius 2 is 2.08 bits per heavy atom. The third-order valence-electron chi connectivity index (χ3n) is 3.69. The summed E-state index contributed by atoms with van der Waals surface area (Å²) in [7, 11) is 1.44. The van der Waals surface area contributed by atoms with Crippen LogP contribution in [0, 0.1) is 0 Å². The topological polar surface area (TPSA) is 72.3 Å². The smallest absolute Gasteiger partial charge is 0.263 e. The monoisotopic (exact) mass is 415 g/mol. The number of sulfonamides is 1. The molecule has 0 saturated carbocycles. The van der Waals surface area contributed by atoms with Gasteiger partial charge < -0.3 is 0 Å². The minimum Gasteiger partial charge on any atom is -0.290 e. The summed E-state index contributed by atoms with van der Waals surface area (Å²) in [5.41, 5.74) is 0.808. The van der Waals surface area contributed by atoms with E-state index in [-0.39, 0.29) is 11.3 Å². The highest BCUT2D eigenvalue weighted by Gasteiger charge is 2.18. The van der Waals surface area contributed by atoms with Crippen LogP contribution in [-0.2, 0) is 17.1 Å². The minimum absolute atomic E-state index is 0.00343. The summed E-state index contributed by atoms with van der Waals surface area (Å²) in [6, 6.07) is 3.94. The van der Waals surface area contributed by atoms with Gasteiger partial charge in [0.2, 0.25) is 10.0 Å². The van der Waals surface area contributed by atoms with E-state index in [1.807, 2.05) is 22.9 Å². The van der Waals surface area contributed by atoms with Crippen molar-refractivity contribution >= 4 is 54.7 Å². The van der Waals surface area contributed by atoms with Crippen molar-refractivity contribution in [2.45, 2.75) is 5.16 Å². The average molecular weight is 416 g/mol. The molecule has 10 heteroatoms. The largest absolute Gasteiger partial charge is 0.290 e. The molecule has 3 aromatic heterocycles. The molecule has 0 fully saturated rings. The molecule has 6 nitrogen and oxygen atoms in total. The van der Waals surface area contributed by atoms with Gasteiger partial charge >= 0.3 is 0 Å². The molecule has 0 radical (unpaired) electrons. The molecule has 0 amide bonds. The minimum atomic E-state index is -3.26. The Hall–Kier alpha value is -1.20. The molecule has 0 atom stereocenters. The molecule has 3 rings (SSSR count). The Balaban J connectivity index is 1.92. The van der Waals surface area contributed by atoms with Gasteiger partial charge in [0.15, 0.2) is 5.16 Å². The molecule has 0 aliphatic carbocycles. The first-order valence-corrected chi connectivity index (χ1v) is 11.7. The van der Waals surface area contributed by atoms with E-state index >= 15 is 0 Å². The van der Waals surface area contributed by atoms with Gasteiger partial charge in [0.05, 0.1) is 11.1 Å². The van der Waals surface area contributed by atoms with Crippen molar-refractivity contribution in [1.82, 2.24) is 13.9 Å². The highest BCUT2D eigenvalue weighted by Crippen LogP contribution is 2.34. The molecular formula is C15H17N3O3S4. The van der Waals surface area contributed by atoms with Crippen LogP contribution in [0.1, 0.15) is 0 Å². The van der Waals surface area contributed by atoms with Crippen molar-refractivity contribution in [1.29, 1.82) is 0 Å². The van der Waals surface area contributed by atoms with Crippen molar-refractivity contribution < 1.29 is 8.42 Å². The molecule has 0 unspecified atom stereocenters. The molecule has 0 N–H and O–H groups in total. The summed E-state index contributed by atoms with van der Waals surface area (Å²) >= 11 is 4.31. The quantitative estimate of drug-likeness (QED) is 0.457. The van der Waals surface area contributed by atoms with Crippen LogP contribution < -0.4 is 5.56 Å². The first-order valence-electron chi connectivity index (χ1n) is 7.36. The van der Waals surface area contributed by atoms with Crippen LogP contribution in [0.4, 0.5) is 0 Å². The van der Waals surface area contributed by atoms with E-state index in [0.29, 0.717) is 21.1 Å². The second-order valence-electron chi connectivity index (χ2n) is 5.51. The third-order valence-corrected chi connectivity index (χ3v) is 8.59. The van der Waals surface area contributed by atoms with E-state index in [1.54, 1.807) is 18.4 Å². The van der Waals surface area contributed by atoms with E-state index in [2.05, 4.69) is 4.98 Å². The normalized spacial score (nSPS) is 12.3. The Morgan fingerprint density at radius 3 is 2.72 bits per heavy atom. The summed E-state index contributed by atoms with van der Waals surface area (Å²) in [5.74, 6) is 0.346. The predicted octanol–water partition coefficient (Wildman–Crippen LogP) is 2.71. The first kappa shape index (κ1) is 18.6. The number of fused-ring (bicyclic) bond motifs is 1. The molecule has 0 bridgehead atoms. The Kier molecular flexibility index (Phi) is 5.35. The summed E-state index contributed by atoms with van der Waals surface area (Å²) in [6.07, 6.45) is 0. The molecule has 0 aliphatic heterocycles. The van der Waals surface area contributed by atoms with Crippen molar-refractivity contribution in [3.05, 3.63) is 33.2 Å². The first-order chi connectivity index (χ1) is 11.8. The van der Waals surface area contributed by atoms with Crippen LogP contribution in [0.3, 0.4) is 0 Å². The van der Waals surface area contributed by atoms with E-state index in [0.717, 1.165) is 10.4 Å². The van der Waals surface area contributed by atoms with Gasteiger partial charge in [0.1, 0.15) is 4.83 Å². The van der Waals surface area contributed by atoms with Crippen molar-refractivity contribution in [3.8, 4) is 10.4 Å². The fraction of sp³-hybridized carbons (Fsp3) is 0.333. The lowest BCUT2D eigenvalue weighted by Crippen LogP contribution is -2.26. The Labute approximate surface area is 158 Å². The van der Waals surface area contributed by atoms with Crippen LogP contribution in [-0.4, -0.2) is 47.9 Å². The van der Waals surface area contributed by atoms with Gasteiger partial charge in [-0.1, -0.05) is 17.8 Å². The number of aromatic nitrogens is 2. The van der Waals surface area contributed by atoms with Crippen molar-refractivity contribution in [3.63, 3.8) is 0 Å². The van der Waals surface area contributed by atoms with Crippen LogP contribution in [0.15, 0.2) is 32.8 Å². The second-order valence-corrected chi connectivity index (χ2v) is 10.7. The van der Waals surface area contributed by atoms with E-state index < -0.39 is 10.0 Å². The summed E-state index contributed by atoms with van der Waals surface area (Å²) in [6.45, 7) is 0. The number of nitrogens with zero attached hydrogens (tertiary/aromatic N) is 3. The maximum atomic E-state index is 12.8. The van der Waals surface area contributed by atoms with Crippen LogP contribution in [0.2, 0.25) is 0 Å². The van der Waals surface area contributed by atoms with Gasteiger partial charge in [-0.25, -0.2) is 17.7 Å². The highest BCUT2D eigenvalue weighted by molar-refractivity contribution is 8.00. The Morgan fingerprint density at radius 1 is 1.32 bits per heavy atom. The standard InChI is InChI=1S/C15H17N3O3S4/c1-17(2)25(20,21)8-7-23-15-16-13-12(14(19)18(15)3)10(9-24-13)11-5-4-6-22-11/h4-6,9H,7-8H2,1-3H3. The molecule has 25 heavy (non-hydrogen) atoms. The van der Waals surface area contributed by atoms with E-state index in [1.165, 1.54) is 46.1 Å². The molecule has 0 saturated heterocycles. The van der Waals surface area contributed by atoms with Crippen LogP contribution in [0.5, 0.6) is 0 Å². The lowest BCUT2D eigenvalue weighted by atomic mass is 10.2. The maximum Gasteiger partial charge on any atom is 0.263 e. The fourth-order valence-corrected chi connectivity index (χ4v) is 6.18. The van der Waals surface area contributed by atoms with E-state index in [9.17, 15) is 13.2 Å². The lowest BCUT2D eigenvalue weighted by molar-refractivity contribution is 0.522. The molecule has 0 aromatic carbocycles. The summed E-state index contributed by atoms with van der Waals surface area (Å²) < 4.78 is 26.4. The molecule has 3 aromatic rings. The van der Waals surface area contributed by atoms with Crippen molar-refractivity contribution in [2.75, 3.05) is 25.6 Å². The zero-order valence-electron chi connectivity index (χ0n) is 13.9. The number of hydrogen-bond acceptors (Lipinski definition) is 7. The molecule has 3 heterocycles. The third kappa shape index (κ3) is 3.68. The molecule has 0 spiro atoms. The van der Waals surface area contributed by atoms with Gasteiger partial charge in [-0.15, -0.1) is 22.7 Å². The van der Waals surface area contributed by atoms with Crippen LogP contribution in [0.25, 0.3) is 20.7 Å². The highest BCUT2D eigenvalue weighted by atomic mass is 32.2. The maximum absolute atomic E-state index is 12.8. The Bertz CT molecular complexity index is 1050. The van der Waals surface area contributed by atoms with Gasteiger partial charge in [0.25, 0.3) is 5.56 Å². The zero-order chi connectivity index (χ0) is 18.2. The number of thiophene rings is 2. The predicted molar refractivity (Wildman–Crippen MR) is 106 cm³/mol. The molecular weight excluding hydrogens is 398 g/mol. The van der Waals surface area contributed by atoms with Gasteiger partial charge in [0, 0.05) is 42.7 Å².